The van der Waals surface area contributed by atoms with Crippen LogP contribution in [0.3, 0.4) is 0 Å². The van der Waals surface area contributed by atoms with Crippen molar-refractivity contribution in [2.24, 2.45) is 0 Å². The minimum atomic E-state index is 0.879. The smallest absolute Gasteiger partial charge is 0.118 e. The van der Waals surface area contributed by atoms with Crippen molar-refractivity contribution < 1.29 is 9.47 Å². The third-order valence-corrected chi connectivity index (χ3v) is 4.38. The second-order valence-corrected chi connectivity index (χ2v) is 5.57. The van der Waals surface area contributed by atoms with E-state index in [-0.39, 0.29) is 0 Å². The lowest BCUT2D eigenvalue weighted by molar-refractivity contribution is 0.415. The Kier molecular flexibility index (Phi) is 3.93. The van der Waals surface area contributed by atoms with Gasteiger partial charge in [-0.1, -0.05) is 12.1 Å². The number of hydrogen-bond donors (Lipinski definition) is 0. The highest BCUT2D eigenvalue weighted by molar-refractivity contribution is 7.14. The van der Waals surface area contributed by atoms with Crippen LogP contribution in [0.5, 0.6) is 11.5 Å². The number of ether oxygens (including phenoxy) is 2. The molecule has 0 saturated heterocycles. The molecule has 3 aromatic rings. The summed E-state index contributed by atoms with van der Waals surface area (Å²) in [7, 11) is 3.36. The van der Waals surface area contributed by atoms with Gasteiger partial charge in [-0.25, -0.2) is 0 Å². The van der Waals surface area contributed by atoms with Crippen LogP contribution in [-0.4, -0.2) is 14.2 Å². The Morgan fingerprint density at radius 1 is 0.667 bits per heavy atom. The molecule has 1 heterocycles. The fourth-order valence-corrected chi connectivity index (χ4v) is 3.10. The fraction of sp³-hybridized carbons (Fsp3) is 0.111. The predicted molar refractivity (Wildman–Crippen MR) is 88.3 cm³/mol. The Morgan fingerprint density at radius 2 is 1.19 bits per heavy atom. The standard InChI is InChI=1S/C18H16O2S/c1-19-16-7-3-13(4-8-16)15-11-18(21-12-15)14-5-9-17(20-2)10-6-14/h3-12H,1-2H3. The lowest BCUT2D eigenvalue weighted by Crippen LogP contribution is -1.82. The zero-order valence-electron chi connectivity index (χ0n) is 12.0. The Bertz CT molecular complexity index is 650. The van der Waals surface area contributed by atoms with Crippen LogP contribution >= 0.6 is 11.3 Å². The van der Waals surface area contributed by atoms with Gasteiger partial charge in [0.1, 0.15) is 11.5 Å². The first-order valence-corrected chi connectivity index (χ1v) is 7.55. The number of rotatable bonds is 4. The van der Waals surface area contributed by atoms with Crippen molar-refractivity contribution in [3.8, 4) is 33.1 Å². The highest BCUT2D eigenvalue weighted by Gasteiger charge is 2.05. The summed E-state index contributed by atoms with van der Waals surface area (Å²) in [6.45, 7) is 0. The van der Waals surface area contributed by atoms with Crippen LogP contribution in [-0.2, 0) is 0 Å². The van der Waals surface area contributed by atoms with Crippen molar-refractivity contribution in [1.29, 1.82) is 0 Å². The normalized spacial score (nSPS) is 10.4. The van der Waals surface area contributed by atoms with Gasteiger partial charge in [-0.05, 0) is 64.5 Å². The molecule has 1 aromatic heterocycles. The molecule has 0 spiro atoms. The zero-order chi connectivity index (χ0) is 14.7. The van der Waals surface area contributed by atoms with Crippen molar-refractivity contribution in [2.45, 2.75) is 0 Å². The van der Waals surface area contributed by atoms with Gasteiger partial charge in [0.25, 0.3) is 0 Å². The van der Waals surface area contributed by atoms with E-state index >= 15 is 0 Å². The van der Waals surface area contributed by atoms with Crippen LogP contribution in [0.25, 0.3) is 21.6 Å². The molecule has 0 fully saturated rings. The molecule has 0 aliphatic carbocycles. The van der Waals surface area contributed by atoms with Gasteiger partial charge in [0.2, 0.25) is 0 Å². The van der Waals surface area contributed by atoms with E-state index in [2.05, 4.69) is 35.7 Å². The molecule has 0 radical (unpaired) electrons. The van der Waals surface area contributed by atoms with Crippen LogP contribution < -0.4 is 9.47 Å². The van der Waals surface area contributed by atoms with Gasteiger partial charge in [-0.15, -0.1) is 11.3 Å². The molecule has 2 aromatic carbocycles. The van der Waals surface area contributed by atoms with Gasteiger partial charge in [0.15, 0.2) is 0 Å². The second kappa shape index (κ2) is 6.02. The average molecular weight is 296 g/mol. The van der Waals surface area contributed by atoms with Crippen molar-refractivity contribution in [2.75, 3.05) is 14.2 Å². The average Bonchev–Trinajstić information content (AvgIpc) is 3.05. The van der Waals surface area contributed by atoms with Crippen LogP contribution in [0, 0.1) is 0 Å². The van der Waals surface area contributed by atoms with Crippen LogP contribution in [0.15, 0.2) is 60.0 Å². The molecule has 0 amide bonds. The van der Waals surface area contributed by atoms with E-state index in [9.17, 15) is 0 Å². The van der Waals surface area contributed by atoms with Crippen molar-refractivity contribution in [3.05, 3.63) is 60.0 Å². The molecule has 3 heteroatoms. The summed E-state index contributed by atoms with van der Waals surface area (Å²) in [6, 6.07) is 18.5. The summed E-state index contributed by atoms with van der Waals surface area (Å²) in [5.41, 5.74) is 3.64. The summed E-state index contributed by atoms with van der Waals surface area (Å²) in [5, 5.41) is 2.18. The van der Waals surface area contributed by atoms with Crippen molar-refractivity contribution in [3.63, 3.8) is 0 Å². The molecule has 106 valence electrons. The van der Waals surface area contributed by atoms with E-state index in [1.165, 1.54) is 21.6 Å². The molecule has 0 atom stereocenters. The first-order chi connectivity index (χ1) is 10.3. The predicted octanol–water partition coefficient (Wildman–Crippen LogP) is 5.10. The van der Waals surface area contributed by atoms with Crippen LogP contribution in [0.4, 0.5) is 0 Å². The summed E-state index contributed by atoms with van der Waals surface area (Å²) in [5.74, 6) is 1.76. The van der Waals surface area contributed by atoms with E-state index in [1.54, 1.807) is 25.6 Å². The molecule has 0 bridgehead atoms. The van der Waals surface area contributed by atoms with Crippen LogP contribution in [0.2, 0.25) is 0 Å². The third-order valence-electron chi connectivity index (χ3n) is 3.40. The lowest BCUT2D eigenvalue weighted by atomic mass is 10.1. The van der Waals surface area contributed by atoms with Gasteiger partial charge < -0.3 is 9.47 Å². The molecule has 0 saturated carbocycles. The molecule has 21 heavy (non-hydrogen) atoms. The van der Waals surface area contributed by atoms with E-state index in [4.69, 9.17) is 9.47 Å². The summed E-state index contributed by atoms with van der Waals surface area (Å²) < 4.78 is 10.4. The summed E-state index contributed by atoms with van der Waals surface area (Å²) in [4.78, 5) is 1.25. The van der Waals surface area contributed by atoms with Gasteiger partial charge in [-0.2, -0.15) is 0 Å². The van der Waals surface area contributed by atoms with E-state index in [0.717, 1.165) is 11.5 Å². The molecule has 0 N–H and O–H groups in total. The first-order valence-electron chi connectivity index (χ1n) is 6.67. The van der Waals surface area contributed by atoms with E-state index < -0.39 is 0 Å². The zero-order valence-corrected chi connectivity index (χ0v) is 12.8. The van der Waals surface area contributed by atoms with E-state index in [0.29, 0.717) is 0 Å². The maximum absolute atomic E-state index is 5.19. The Morgan fingerprint density at radius 3 is 1.71 bits per heavy atom. The lowest BCUT2D eigenvalue weighted by Gasteiger charge is -2.02. The monoisotopic (exact) mass is 296 g/mol. The molecular formula is C18H16O2S. The van der Waals surface area contributed by atoms with Gasteiger partial charge >= 0.3 is 0 Å². The largest absolute Gasteiger partial charge is 0.497 e. The van der Waals surface area contributed by atoms with Crippen molar-refractivity contribution >= 4 is 11.3 Å². The first kappa shape index (κ1) is 13.7. The van der Waals surface area contributed by atoms with Crippen molar-refractivity contribution in [1.82, 2.24) is 0 Å². The Labute approximate surface area is 128 Å². The molecular weight excluding hydrogens is 280 g/mol. The Hall–Kier alpha value is -2.26. The maximum atomic E-state index is 5.19. The van der Waals surface area contributed by atoms with Gasteiger partial charge in [0.05, 0.1) is 14.2 Å². The fourth-order valence-electron chi connectivity index (χ4n) is 2.18. The maximum Gasteiger partial charge on any atom is 0.118 e. The van der Waals surface area contributed by atoms with Gasteiger partial charge in [-0.3, -0.25) is 0 Å². The van der Waals surface area contributed by atoms with Gasteiger partial charge in [0, 0.05) is 4.88 Å². The minimum Gasteiger partial charge on any atom is -0.497 e. The number of hydrogen-bond acceptors (Lipinski definition) is 3. The topological polar surface area (TPSA) is 18.5 Å². The Balaban J connectivity index is 1.87. The van der Waals surface area contributed by atoms with Crippen LogP contribution in [0.1, 0.15) is 0 Å². The van der Waals surface area contributed by atoms with E-state index in [1.807, 2.05) is 24.3 Å². The molecule has 0 aliphatic heterocycles. The summed E-state index contributed by atoms with van der Waals surface area (Å²) >= 11 is 1.75. The highest BCUT2D eigenvalue weighted by Crippen LogP contribution is 2.33. The SMILES string of the molecule is COc1ccc(-c2csc(-c3ccc(OC)cc3)c2)cc1. The highest BCUT2D eigenvalue weighted by atomic mass is 32.1. The quantitative estimate of drug-likeness (QED) is 0.667. The number of methoxy groups -OCH3 is 2. The molecule has 0 unspecified atom stereocenters. The third kappa shape index (κ3) is 2.93. The molecule has 0 aliphatic rings. The molecule has 2 nitrogen and oxygen atoms in total. The minimum absolute atomic E-state index is 0.879. The summed E-state index contributed by atoms with van der Waals surface area (Å²) in [6.07, 6.45) is 0. The molecule has 3 rings (SSSR count). The number of benzene rings is 2. The number of thiophene rings is 1. The second-order valence-electron chi connectivity index (χ2n) is 4.66.